The Kier molecular flexibility index (Phi) is 7.11. The molecule has 13 heteroatoms. The fourth-order valence-corrected chi connectivity index (χ4v) is 2.89. The lowest BCUT2D eigenvalue weighted by Crippen LogP contribution is -2.27. The highest BCUT2D eigenvalue weighted by molar-refractivity contribution is 7.99. The van der Waals surface area contributed by atoms with E-state index >= 15 is 0 Å². The van der Waals surface area contributed by atoms with Gasteiger partial charge in [-0.3, -0.25) is 4.79 Å². The standard InChI is InChI=1S/C14H12F5NO6S/c1-25-12(23)5-4(8(27-3)11(21)22)6(13(24)26-2)9(14(17,18)19)20-7(5)10(15)16/h8,10H,1-3H3,(H,21,22). The van der Waals surface area contributed by atoms with Crippen molar-refractivity contribution in [3.05, 3.63) is 28.1 Å². The minimum absolute atomic E-state index is 0.400. The molecule has 0 saturated heterocycles. The molecule has 0 aliphatic carbocycles. The van der Waals surface area contributed by atoms with Crippen LogP contribution in [0.1, 0.15) is 49.3 Å². The average molecular weight is 417 g/mol. The van der Waals surface area contributed by atoms with Crippen LogP contribution in [0.4, 0.5) is 22.0 Å². The Morgan fingerprint density at radius 2 is 1.56 bits per heavy atom. The molecule has 1 unspecified atom stereocenters. The number of methoxy groups -OCH3 is 2. The number of esters is 2. The van der Waals surface area contributed by atoms with E-state index in [1.807, 2.05) is 0 Å². The molecule has 0 amide bonds. The van der Waals surface area contributed by atoms with Crippen LogP contribution in [0.5, 0.6) is 0 Å². The Bertz CT molecular complexity index is 767. The van der Waals surface area contributed by atoms with E-state index in [0.29, 0.717) is 18.9 Å². The van der Waals surface area contributed by atoms with Crippen molar-refractivity contribution in [2.24, 2.45) is 0 Å². The van der Waals surface area contributed by atoms with Gasteiger partial charge >= 0.3 is 24.1 Å². The van der Waals surface area contributed by atoms with Gasteiger partial charge in [-0.15, -0.1) is 11.8 Å². The third kappa shape index (κ3) is 4.46. The van der Waals surface area contributed by atoms with E-state index in [0.717, 1.165) is 13.4 Å². The van der Waals surface area contributed by atoms with Crippen molar-refractivity contribution < 1.29 is 50.9 Å². The number of ether oxygens (including phenoxy) is 2. The molecule has 150 valence electrons. The van der Waals surface area contributed by atoms with Gasteiger partial charge in [0.1, 0.15) is 10.9 Å². The number of aromatic nitrogens is 1. The van der Waals surface area contributed by atoms with Crippen LogP contribution in [-0.4, -0.2) is 48.5 Å². The molecule has 1 heterocycles. The molecule has 27 heavy (non-hydrogen) atoms. The summed E-state index contributed by atoms with van der Waals surface area (Å²) in [6.45, 7) is 0. The second-order valence-electron chi connectivity index (χ2n) is 4.74. The maximum Gasteiger partial charge on any atom is 0.434 e. The molecule has 0 aliphatic heterocycles. The summed E-state index contributed by atoms with van der Waals surface area (Å²) in [6, 6.07) is 0. The molecule has 7 nitrogen and oxygen atoms in total. The molecular formula is C14H12F5NO6S. The smallest absolute Gasteiger partial charge is 0.434 e. The maximum atomic E-state index is 13.4. The summed E-state index contributed by atoms with van der Waals surface area (Å²) in [5.41, 5.74) is -7.55. The van der Waals surface area contributed by atoms with Crippen molar-refractivity contribution >= 4 is 29.7 Å². The zero-order valence-corrected chi connectivity index (χ0v) is 14.7. The van der Waals surface area contributed by atoms with Gasteiger partial charge in [-0.25, -0.2) is 23.4 Å². The number of hydrogen-bond acceptors (Lipinski definition) is 7. The fourth-order valence-electron chi connectivity index (χ4n) is 2.22. The van der Waals surface area contributed by atoms with E-state index in [-0.39, 0.29) is 0 Å². The number of hydrogen-bond donors (Lipinski definition) is 1. The van der Waals surface area contributed by atoms with E-state index in [2.05, 4.69) is 14.5 Å². The Labute approximate surface area is 152 Å². The van der Waals surface area contributed by atoms with E-state index in [1.165, 1.54) is 0 Å². The van der Waals surface area contributed by atoms with Gasteiger partial charge < -0.3 is 14.6 Å². The number of carboxylic acid groups (broad SMARTS) is 1. The normalized spacial score (nSPS) is 12.6. The number of thioether (sulfide) groups is 1. The highest BCUT2D eigenvalue weighted by atomic mass is 32.2. The minimum Gasteiger partial charge on any atom is -0.480 e. The highest BCUT2D eigenvalue weighted by Gasteiger charge is 2.45. The predicted octanol–water partition coefficient (Wildman–Crippen LogP) is 3.10. The lowest BCUT2D eigenvalue weighted by Gasteiger charge is -2.22. The molecule has 1 atom stereocenters. The van der Waals surface area contributed by atoms with Crippen LogP contribution in [0.25, 0.3) is 0 Å². The monoisotopic (exact) mass is 417 g/mol. The lowest BCUT2D eigenvalue weighted by atomic mass is 9.94. The largest absolute Gasteiger partial charge is 0.480 e. The Hall–Kier alpha value is -2.44. The third-order valence-electron chi connectivity index (χ3n) is 3.24. The van der Waals surface area contributed by atoms with Crippen LogP contribution < -0.4 is 0 Å². The van der Waals surface area contributed by atoms with Crippen molar-refractivity contribution in [2.45, 2.75) is 17.9 Å². The minimum atomic E-state index is -5.42. The first-order chi connectivity index (χ1) is 12.4. The van der Waals surface area contributed by atoms with Crippen molar-refractivity contribution in [1.82, 2.24) is 4.98 Å². The molecule has 1 aromatic rings. The molecule has 0 fully saturated rings. The molecule has 1 aromatic heterocycles. The zero-order chi connectivity index (χ0) is 21.1. The number of alkyl halides is 5. The highest BCUT2D eigenvalue weighted by Crippen LogP contribution is 2.42. The topological polar surface area (TPSA) is 103 Å². The van der Waals surface area contributed by atoms with Gasteiger partial charge in [0.05, 0.1) is 25.3 Å². The Balaban J connectivity index is 4.27. The molecule has 1 N–H and O–H groups in total. The van der Waals surface area contributed by atoms with Gasteiger partial charge in [-0.2, -0.15) is 13.2 Å². The number of rotatable bonds is 6. The van der Waals surface area contributed by atoms with Crippen LogP contribution in [0, 0.1) is 0 Å². The summed E-state index contributed by atoms with van der Waals surface area (Å²) >= 11 is 0.400. The zero-order valence-electron chi connectivity index (χ0n) is 13.9. The SMILES string of the molecule is COC(=O)c1c(C(F)F)nc(C(F)(F)F)c(C(=O)OC)c1C(SC)C(=O)O. The number of carbonyl (C=O) groups excluding carboxylic acids is 2. The van der Waals surface area contributed by atoms with Crippen molar-refractivity contribution in [3.8, 4) is 0 Å². The first kappa shape index (κ1) is 22.6. The molecule has 0 bridgehead atoms. The van der Waals surface area contributed by atoms with Gasteiger partial charge in [0.25, 0.3) is 6.43 Å². The van der Waals surface area contributed by atoms with Gasteiger partial charge in [0, 0.05) is 5.56 Å². The number of carbonyl (C=O) groups is 3. The second-order valence-corrected chi connectivity index (χ2v) is 5.69. The summed E-state index contributed by atoms with van der Waals surface area (Å²) in [7, 11) is 1.44. The predicted molar refractivity (Wildman–Crippen MR) is 80.8 cm³/mol. The number of nitrogens with zero attached hydrogens (tertiary/aromatic N) is 1. The van der Waals surface area contributed by atoms with Gasteiger partial charge in [0.15, 0.2) is 5.69 Å². The molecule has 0 aromatic carbocycles. The van der Waals surface area contributed by atoms with E-state index < -0.39 is 63.8 Å². The Morgan fingerprint density at radius 1 is 1.07 bits per heavy atom. The summed E-state index contributed by atoms with van der Waals surface area (Å²) in [5.74, 6) is -5.06. The second kappa shape index (κ2) is 8.50. The van der Waals surface area contributed by atoms with Gasteiger partial charge in [-0.1, -0.05) is 0 Å². The lowest BCUT2D eigenvalue weighted by molar-refractivity contribution is -0.142. The number of carboxylic acids is 1. The van der Waals surface area contributed by atoms with Gasteiger partial charge in [-0.05, 0) is 6.26 Å². The molecular weight excluding hydrogens is 405 g/mol. The first-order valence-corrected chi connectivity index (χ1v) is 8.06. The summed E-state index contributed by atoms with van der Waals surface area (Å²) < 4.78 is 75.3. The molecule has 0 spiro atoms. The number of halogens is 5. The number of pyridine rings is 1. The fraction of sp³-hybridized carbons (Fsp3) is 0.429. The molecule has 1 rings (SSSR count). The molecule has 0 saturated carbocycles. The van der Waals surface area contributed by atoms with Crippen molar-refractivity contribution in [3.63, 3.8) is 0 Å². The van der Waals surface area contributed by atoms with Crippen LogP contribution in [-0.2, 0) is 20.4 Å². The van der Waals surface area contributed by atoms with Crippen LogP contribution in [0.15, 0.2) is 0 Å². The third-order valence-corrected chi connectivity index (χ3v) is 4.15. The maximum absolute atomic E-state index is 13.4. The average Bonchev–Trinajstić information content (AvgIpc) is 2.58. The van der Waals surface area contributed by atoms with Gasteiger partial charge in [0.2, 0.25) is 0 Å². The van der Waals surface area contributed by atoms with E-state index in [4.69, 9.17) is 0 Å². The first-order valence-electron chi connectivity index (χ1n) is 6.77. The molecule has 0 radical (unpaired) electrons. The van der Waals surface area contributed by atoms with Crippen molar-refractivity contribution in [2.75, 3.05) is 20.5 Å². The summed E-state index contributed by atoms with van der Waals surface area (Å²) in [4.78, 5) is 38.2. The van der Waals surface area contributed by atoms with Crippen molar-refractivity contribution in [1.29, 1.82) is 0 Å². The Morgan fingerprint density at radius 3 is 1.89 bits per heavy atom. The molecule has 0 aliphatic rings. The van der Waals surface area contributed by atoms with E-state index in [9.17, 15) is 41.4 Å². The quantitative estimate of drug-likeness (QED) is 0.557. The summed E-state index contributed by atoms with van der Waals surface area (Å²) in [6.07, 6.45) is -7.98. The summed E-state index contributed by atoms with van der Waals surface area (Å²) in [5, 5.41) is 7.30. The van der Waals surface area contributed by atoms with Crippen LogP contribution in [0.2, 0.25) is 0 Å². The number of aliphatic carboxylic acids is 1. The van der Waals surface area contributed by atoms with Crippen LogP contribution >= 0.6 is 11.8 Å². The van der Waals surface area contributed by atoms with E-state index in [1.54, 1.807) is 0 Å². The van der Waals surface area contributed by atoms with Crippen LogP contribution in [0.3, 0.4) is 0 Å².